The van der Waals surface area contributed by atoms with Crippen LogP contribution in [0.5, 0.6) is 0 Å². The van der Waals surface area contributed by atoms with Crippen LogP contribution in [-0.4, -0.2) is 84.8 Å². The van der Waals surface area contributed by atoms with Crippen LogP contribution in [0.25, 0.3) is 0 Å². The molecule has 1 aromatic rings. The molecule has 164 valence electrons. The van der Waals surface area contributed by atoms with Crippen molar-refractivity contribution in [1.82, 2.24) is 20.0 Å². The minimum Gasteiger partial charge on any atom is -0.343 e. The number of benzene rings is 1. The molecule has 3 amide bonds. The van der Waals surface area contributed by atoms with Crippen molar-refractivity contribution >= 4 is 17.7 Å². The first-order chi connectivity index (χ1) is 14.4. The highest BCUT2D eigenvalue weighted by Gasteiger charge is 2.23. The third kappa shape index (κ3) is 6.05. The topological polar surface area (TPSA) is 73.0 Å². The number of carbonyl (C=O) groups is 3. The highest BCUT2D eigenvalue weighted by atomic mass is 16.2. The molecule has 0 atom stereocenters. The lowest BCUT2D eigenvalue weighted by Crippen LogP contribution is -2.47. The summed E-state index contributed by atoms with van der Waals surface area (Å²) in [5, 5.41) is 3.25. The van der Waals surface area contributed by atoms with E-state index in [-0.39, 0.29) is 17.7 Å². The van der Waals surface area contributed by atoms with E-state index in [1.165, 1.54) is 0 Å². The maximum absolute atomic E-state index is 13.2. The Labute approximate surface area is 179 Å². The van der Waals surface area contributed by atoms with E-state index < -0.39 is 0 Å². The number of carbonyl (C=O) groups excluding carboxylic acids is 3. The first-order valence-electron chi connectivity index (χ1n) is 11.1. The normalized spacial score (nSPS) is 16.8. The van der Waals surface area contributed by atoms with Gasteiger partial charge in [-0.25, -0.2) is 0 Å². The fourth-order valence-electron chi connectivity index (χ4n) is 4.29. The van der Waals surface area contributed by atoms with Crippen molar-refractivity contribution in [2.45, 2.75) is 39.5 Å². The molecule has 0 aromatic heterocycles. The zero-order chi connectivity index (χ0) is 21.5. The molecule has 0 aliphatic carbocycles. The lowest BCUT2D eigenvalue weighted by Gasteiger charge is -2.29. The number of amides is 3. The molecule has 0 radical (unpaired) electrons. The van der Waals surface area contributed by atoms with Gasteiger partial charge in [0.05, 0.1) is 0 Å². The number of piperazine rings is 1. The molecule has 3 rings (SSSR count). The molecule has 7 heteroatoms. The summed E-state index contributed by atoms with van der Waals surface area (Å²) in [4.78, 5) is 43.2. The maximum atomic E-state index is 13.2. The molecule has 0 saturated carbocycles. The van der Waals surface area contributed by atoms with Gasteiger partial charge >= 0.3 is 0 Å². The van der Waals surface area contributed by atoms with Crippen molar-refractivity contribution in [1.29, 1.82) is 0 Å². The molecule has 0 bridgehead atoms. The van der Waals surface area contributed by atoms with Crippen molar-refractivity contribution in [2.75, 3.05) is 52.4 Å². The quantitative estimate of drug-likeness (QED) is 0.701. The third-order valence-electron chi connectivity index (χ3n) is 5.85. The molecule has 2 aliphatic rings. The zero-order valence-electron chi connectivity index (χ0n) is 18.3. The van der Waals surface area contributed by atoms with E-state index in [9.17, 15) is 14.4 Å². The van der Waals surface area contributed by atoms with Crippen LogP contribution in [0.15, 0.2) is 18.2 Å². The smallest absolute Gasteiger partial charge is 0.253 e. The molecule has 2 aliphatic heterocycles. The average Bonchev–Trinajstić information content (AvgIpc) is 3.14. The Bertz CT molecular complexity index is 753. The summed E-state index contributed by atoms with van der Waals surface area (Å²) in [6.45, 7) is 9.49. The summed E-state index contributed by atoms with van der Waals surface area (Å²) in [7, 11) is 0. The van der Waals surface area contributed by atoms with E-state index in [1.54, 1.807) is 4.90 Å². The predicted octanol–water partition coefficient (Wildman–Crippen LogP) is 1.58. The van der Waals surface area contributed by atoms with Gasteiger partial charge in [0.25, 0.3) is 5.91 Å². The Morgan fingerprint density at radius 2 is 1.73 bits per heavy atom. The lowest BCUT2D eigenvalue weighted by atomic mass is 10.1. The van der Waals surface area contributed by atoms with E-state index in [4.69, 9.17) is 0 Å². The van der Waals surface area contributed by atoms with Crippen LogP contribution in [0.3, 0.4) is 0 Å². The van der Waals surface area contributed by atoms with Crippen LogP contribution in [0.1, 0.15) is 47.2 Å². The van der Waals surface area contributed by atoms with Crippen molar-refractivity contribution in [2.24, 2.45) is 0 Å². The van der Waals surface area contributed by atoms with Gasteiger partial charge in [0.1, 0.15) is 0 Å². The first kappa shape index (κ1) is 22.3. The molecule has 1 aromatic carbocycles. The molecule has 1 N–H and O–H groups in total. The van der Waals surface area contributed by atoms with Crippen molar-refractivity contribution in [3.05, 3.63) is 34.9 Å². The predicted molar refractivity (Wildman–Crippen MR) is 116 cm³/mol. The first-order valence-corrected chi connectivity index (χ1v) is 11.1. The van der Waals surface area contributed by atoms with Crippen LogP contribution in [0, 0.1) is 13.8 Å². The second-order valence-electron chi connectivity index (χ2n) is 8.39. The van der Waals surface area contributed by atoms with E-state index in [0.717, 1.165) is 56.7 Å². The van der Waals surface area contributed by atoms with Crippen LogP contribution in [-0.2, 0) is 9.59 Å². The molecular formula is C23H34N4O3. The fourth-order valence-corrected chi connectivity index (χ4v) is 4.29. The van der Waals surface area contributed by atoms with Gasteiger partial charge in [0.2, 0.25) is 11.8 Å². The third-order valence-corrected chi connectivity index (χ3v) is 5.85. The highest BCUT2D eigenvalue weighted by molar-refractivity contribution is 5.95. The number of likely N-dealkylation sites (tertiary alicyclic amines) is 1. The summed E-state index contributed by atoms with van der Waals surface area (Å²) < 4.78 is 0. The Hall–Kier alpha value is -2.41. The summed E-state index contributed by atoms with van der Waals surface area (Å²) in [6, 6.07) is 5.86. The van der Waals surface area contributed by atoms with Crippen LogP contribution in [0.2, 0.25) is 0 Å². The van der Waals surface area contributed by atoms with Gasteiger partial charge in [-0.1, -0.05) is 17.2 Å². The van der Waals surface area contributed by atoms with Crippen molar-refractivity contribution < 1.29 is 14.4 Å². The molecule has 30 heavy (non-hydrogen) atoms. The average molecular weight is 415 g/mol. The number of hydrogen-bond donors (Lipinski definition) is 1. The summed E-state index contributed by atoms with van der Waals surface area (Å²) in [5.74, 6) is 0.267. The highest BCUT2D eigenvalue weighted by Crippen LogP contribution is 2.14. The van der Waals surface area contributed by atoms with Gasteiger partial charge in [0.15, 0.2) is 0 Å². The van der Waals surface area contributed by atoms with Gasteiger partial charge in [-0.05, 0) is 38.8 Å². The summed E-state index contributed by atoms with van der Waals surface area (Å²) >= 11 is 0. The zero-order valence-corrected chi connectivity index (χ0v) is 18.3. The SMILES string of the molecule is Cc1cc(C)cc(C(=O)N(CCCN2CCCC2=O)CCC(=O)N2CCNCC2)c1. The van der Waals surface area contributed by atoms with E-state index in [1.807, 2.05) is 41.8 Å². The Kier molecular flexibility index (Phi) is 7.85. The van der Waals surface area contributed by atoms with Crippen LogP contribution < -0.4 is 5.32 Å². The Balaban J connectivity index is 1.62. The Morgan fingerprint density at radius 1 is 1.03 bits per heavy atom. The maximum Gasteiger partial charge on any atom is 0.253 e. The molecule has 0 spiro atoms. The number of nitrogens with one attached hydrogen (secondary N) is 1. The molecule has 7 nitrogen and oxygen atoms in total. The second-order valence-corrected chi connectivity index (χ2v) is 8.39. The van der Waals surface area contributed by atoms with Gasteiger partial charge < -0.3 is 20.0 Å². The minimum atomic E-state index is -0.0392. The molecule has 2 saturated heterocycles. The summed E-state index contributed by atoms with van der Waals surface area (Å²) in [6.07, 6.45) is 2.61. The van der Waals surface area contributed by atoms with E-state index >= 15 is 0 Å². The number of aryl methyl sites for hydroxylation is 2. The molecule has 0 unspecified atom stereocenters. The van der Waals surface area contributed by atoms with Gasteiger partial charge in [0, 0.05) is 70.8 Å². The van der Waals surface area contributed by atoms with Crippen LogP contribution >= 0.6 is 0 Å². The van der Waals surface area contributed by atoms with Crippen molar-refractivity contribution in [3.8, 4) is 0 Å². The minimum absolute atomic E-state index is 0.0392. The molecular weight excluding hydrogens is 380 g/mol. The molecule has 2 fully saturated rings. The van der Waals surface area contributed by atoms with E-state index in [2.05, 4.69) is 5.32 Å². The largest absolute Gasteiger partial charge is 0.343 e. The number of hydrogen-bond acceptors (Lipinski definition) is 4. The second kappa shape index (κ2) is 10.6. The van der Waals surface area contributed by atoms with Crippen molar-refractivity contribution in [3.63, 3.8) is 0 Å². The number of nitrogens with zero attached hydrogens (tertiary/aromatic N) is 3. The monoisotopic (exact) mass is 414 g/mol. The van der Waals surface area contributed by atoms with E-state index in [0.29, 0.717) is 38.0 Å². The van der Waals surface area contributed by atoms with Gasteiger partial charge in [-0.15, -0.1) is 0 Å². The lowest BCUT2D eigenvalue weighted by molar-refractivity contribution is -0.132. The number of rotatable bonds is 8. The van der Waals surface area contributed by atoms with Crippen LogP contribution in [0.4, 0.5) is 0 Å². The van der Waals surface area contributed by atoms with Gasteiger partial charge in [-0.2, -0.15) is 0 Å². The fraction of sp³-hybridized carbons (Fsp3) is 0.609. The Morgan fingerprint density at radius 3 is 2.37 bits per heavy atom. The van der Waals surface area contributed by atoms with Gasteiger partial charge in [-0.3, -0.25) is 14.4 Å². The molecule has 2 heterocycles. The standard InChI is InChI=1S/C23H34N4O3/c1-18-15-19(2)17-20(16-18)23(30)27(11-4-10-25-9-3-5-21(25)28)12-6-22(29)26-13-7-24-8-14-26/h15-17,24H,3-14H2,1-2H3. The summed E-state index contributed by atoms with van der Waals surface area (Å²) in [5.41, 5.74) is 2.77.